The van der Waals surface area contributed by atoms with E-state index < -0.39 is 4.92 Å². The molecule has 8 heteroatoms. The van der Waals surface area contributed by atoms with E-state index in [4.69, 9.17) is 6.57 Å². The van der Waals surface area contributed by atoms with Gasteiger partial charge in [0.25, 0.3) is 11.4 Å². The van der Waals surface area contributed by atoms with Crippen LogP contribution in [0.15, 0.2) is 48.8 Å². The van der Waals surface area contributed by atoms with E-state index in [1.807, 2.05) is 29.8 Å². The summed E-state index contributed by atoms with van der Waals surface area (Å²) in [6.45, 7) is 7.02. The van der Waals surface area contributed by atoms with E-state index in [1.165, 1.54) is 12.1 Å². The summed E-state index contributed by atoms with van der Waals surface area (Å²) in [5.74, 6) is 0.557. The Morgan fingerprint density at radius 2 is 2.08 bits per heavy atom. The second-order valence-electron chi connectivity index (χ2n) is 5.72. The molecule has 3 heterocycles. The molecule has 3 aromatic heterocycles. The first-order chi connectivity index (χ1) is 12.6. The molecule has 26 heavy (non-hydrogen) atoms. The first kappa shape index (κ1) is 15.5. The monoisotopic (exact) mass is 344 g/mol. The van der Waals surface area contributed by atoms with Gasteiger partial charge >= 0.3 is 0 Å². The number of nitro groups is 1. The van der Waals surface area contributed by atoms with Crippen LogP contribution in [0.25, 0.3) is 26.8 Å². The molecule has 4 rings (SSSR count). The van der Waals surface area contributed by atoms with Gasteiger partial charge in [-0.2, -0.15) is 0 Å². The zero-order valence-corrected chi connectivity index (χ0v) is 13.7. The van der Waals surface area contributed by atoms with Gasteiger partial charge in [-0.3, -0.25) is 15.1 Å². The minimum Gasteiger partial charge on any atom is -0.340 e. The van der Waals surface area contributed by atoms with Gasteiger partial charge in [0, 0.05) is 42.0 Å². The van der Waals surface area contributed by atoms with E-state index in [0.29, 0.717) is 11.5 Å². The molecule has 0 aliphatic rings. The highest BCUT2D eigenvalue weighted by Crippen LogP contribution is 2.32. The highest BCUT2D eigenvalue weighted by molar-refractivity contribution is 6.06. The minimum absolute atomic E-state index is 0.00476. The van der Waals surface area contributed by atoms with Gasteiger partial charge in [-0.15, -0.1) is 0 Å². The van der Waals surface area contributed by atoms with Crippen molar-refractivity contribution >= 4 is 44.8 Å². The molecule has 0 amide bonds. The third-order valence-electron chi connectivity index (χ3n) is 4.21. The van der Waals surface area contributed by atoms with Crippen molar-refractivity contribution in [1.29, 1.82) is 0 Å². The molecule has 0 aliphatic carbocycles. The van der Waals surface area contributed by atoms with Gasteiger partial charge in [-0.25, -0.2) is 9.83 Å². The first-order valence-corrected chi connectivity index (χ1v) is 7.70. The van der Waals surface area contributed by atoms with Gasteiger partial charge in [-0.1, -0.05) is 0 Å². The van der Waals surface area contributed by atoms with E-state index in [2.05, 4.69) is 20.1 Å². The van der Waals surface area contributed by atoms with Crippen molar-refractivity contribution in [3.63, 3.8) is 0 Å². The quantitative estimate of drug-likeness (QED) is 0.339. The summed E-state index contributed by atoms with van der Waals surface area (Å²) in [5.41, 5.74) is 2.07. The van der Waals surface area contributed by atoms with Gasteiger partial charge in [-0.05, 0) is 30.3 Å². The molecule has 0 unspecified atom stereocenters. The summed E-state index contributed by atoms with van der Waals surface area (Å²) < 4.78 is 1.97. The van der Waals surface area contributed by atoms with Crippen LogP contribution in [0.2, 0.25) is 0 Å². The lowest BCUT2D eigenvalue weighted by molar-refractivity contribution is -0.383. The van der Waals surface area contributed by atoms with Gasteiger partial charge in [0.2, 0.25) is 0 Å². The fraction of sp³-hybridized carbons (Fsp3) is 0.0556. The molecule has 1 aromatic carbocycles. The third-order valence-corrected chi connectivity index (χ3v) is 4.21. The predicted molar refractivity (Wildman–Crippen MR) is 98.7 cm³/mol. The molecule has 1 N–H and O–H groups in total. The standard InChI is InChI=1S/C18H12N6O2/c1-19-14-5-3-11(9-16(14)24(25)26)21-17-6-4-12-13-10-20-8-7-15(13)23(2)18(12)22-17/h3-10H,2H3,(H,21,22). The van der Waals surface area contributed by atoms with Gasteiger partial charge in [0.05, 0.1) is 17.0 Å². The first-order valence-electron chi connectivity index (χ1n) is 7.70. The molecule has 4 aromatic rings. The topological polar surface area (TPSA) is 90.2 Å². The van der Waals surface area contributed by atoms with Crippen molar-refractivity contribution in [2.45, 2.75) is 0 Å². The van der Waals surface area contributed by atoms with Crippen molar-refractivity contribution in [2.24, 2.45) is 7.05 Å². The Kier molecular flexibility index (Phi) is 3.48. The molecule has 0 saturated carbocycles. The van der Waals surface area contributed by atoms with Gasteiger partial charge in [0.1, 0.15) is 11.5 Å². The Morgan fingerprint density at radius 3 is 2.85 bits per heavy atom. The second kappa shape index (κ2) is 5.82. The minimum atomic E-state index is -0.563. The van der Waals surface area contributed by atoms with Crippen molar-refractivity contribution in [3.8, 4) is 0 Å². The summed E-state index contributed by atoms with van der Waals surface area (Å²) in [6.07, 6.45) is 3.54. The number of nitro benzene ring substituents is 1. The van der Waals surface area contributed by atoms with E-state index in [-0.39, 0.29) is 11.4 Å². The molecular formula is C18H12N6O2. The Morgan fingerprint density at radius 1 is 1.23 bits per heavy atom. The van der Waals surface area contributed by atoms with E-state index in [1.54, 1.807) is 18.5 Å². The lowest BCUT2D eigenvalue weighted by atomic mass is 10.2. The summed E-state index contributed by atoms with van der Waals surface area (Å²) in [5, 5.41) is 16.2. The molecule has 0 spiro atoms. The lowest BCUT2D eigenvalue weighted by Crippen LogP contribution is -1.97. The molecule has 0 bridgehead atoms. The van der Waals surface area contributed by atoms with Crippen molar-refractivity contribution in [1.82, 2.24) is 14.5 Å². The molecule has 0 atom stereocenters. The van der Waals surface area contributed by atoms with E-state index >= 15 is 0 Å². The number of fused-ring (bicyclic) bond motifs is 3. The highest BCUT2D eigenvalue weighted by Gasteiger charge is 2.15. The number of pyridine rings is 2. The van der Waals surface area contributed by atoms with E-state index in [9.17, 15) is 10.1 Å². The number of hydrogen-bond acceptors (Lipinski definition) is 5. The van der Waals surface area contributed by atoms with Crippen LogP contribution in [0, 0.1) is 16.7 Å². The number of hydrogen-bond donors (Lipinski definition) is 1. The SMILES string of the molecule is [C-]#[N+]c1ccc(Nc2ccc3c4cnccc4n(C)c3n2)cc1[N+](=O)[O-]. The molecular weight excluding hydrogens is 332 g/mol. The maximum atomic E-state index is 11.1. The molecule has 0 saturated heterocycles. The Hall–Kier alpha value is -3.99. The van der Waals surface area contributed by atoms with Crippen LogP contribution in [-0.2, 0) is 7.05 Å². The molecule has 0 radical (unpaired) electrons. The van der Waals surface area contributed by atoms with Crippen LogP contribution in [-0.4, -0.2) is 19.5 Å². The summed E-state index contributed by atoms with van der Waals surface area (Å²) >= 11 is 0. The fourth-order valence-electron chi connectivity index (χ4n) is 2.97. The molecule has 0 fully saturated rings. The van der Waals surface area contributed by atoms with Crippen LogP contribution in [0.1, 0.15) is 0 Å². The molecule has 8 nitrogen and oxygen atoms in total. The average molecular weight is 344 g/mol. The van der Waals surface area contributed by atoms with Crippen LogP contribution in [0.5, 0.6) is 0 Å². The van der Waals surface area contributed by atoms with Crippen molar-refractivity contribution in [2.75, 3.05) is 5.32 Å². The van der Waals surface area contributed by atoms with Crippen molar-refractivity contribution < 1.29 is 4.92 Å². The molecule has 0 aliphatic heterocycles. The predicted octanol–water partition coefficient (Wildman–Crippen LogP) is 4.32. The summed E-state index contributed by atoms with van der Waals surface area (Å²) in [6, 6.07) is 10.1. The van der Waals surface area contributed by atoms with Gasteiger partial charge in [0.15, 0.2) is 0 Å². The third kappa shape index (κ3) is 2.39. The summed E-state index contributed by atoms with van der Waals surface area (Å²) in [7, 11) is 1.93. The zero-order valence-electron chi connectivity index (χ0n) is 13.7. The second-order valence-corrected chi connectivity index (χ2v) is 5.72. The van der Waals surface area contributed by atoms with Crippen LogP contribution >= 0.6 is 0 Å². The maximum absolute atomic E-state index is 11.1. The van der Waals surface area contributed by atoms with Gasteiger partial charge < -0.3 is 9.88 Å². The van der Waals surface area contributed by atoms with E-state index in [0.717, 1.165) is 21.9 Å². The number of benzene rings is 1. The number of rotatable bonds is 3. The average Bonchev–Trinajstić information content (AvgIpc) is 2.94. The number of anilines is 2. The highest BCUT2D eigenvalue weighted by atomic mass is 16.6. The zero-order chi connectivity index (χ0) is 18.3. The number of nitrogens with zero attached hydrogens (tertiary/aromatic N) is 5. The number of aromatic nitrogens is 3. The largest absolute Gasteiger partial charge is 0.340 e. The normalized spacial score (nSPS) is 10.8. The van der Waals surface area contributed by atoms with Crippen molar-refractivity contribution in [3.05, 3.63) is 70.3 Å². The molecule has 126 valence electrons. The van der Waals surface area contributed by atoms with Crippen LogP contribution in [0.3, 0.4) is 0 Å². The Labute approximate surface area is 147 Å². The van der Waals surface area contributed by atoms with Crippen LogP contribution in [0.4, 0.5) is 22.9 Å². The Balaban J connectivity index is 1.78. The lowest BCUT2D eigenvalue weighted by Gasteiger charge is -2.07. The fourth-order valence-corrected chi connectivity index (χ4v) is 2.97. The number of nitrogens with one attached hydrogen (secondary N) is 1. The summed E-state index contributed by atoms with van der Waals surface area (Å²) in [4.78, 5) is 22.5. The Bertz CT molecular complexity index is 1220. The van der Waals surface area contributed by atoms with Crippen LogP contribution < -0.4 is 5.32 Å². The maximum Gasteiger partial charge on any atom is 0.281 e. The number of aryl methyl sites for hydroxylation is 1. The smallest absolute Gasteiger partial charge is 0.281 e.